The monoisotopic (exact) mass is 249 g/mol. The summed E-state index contributed by atoms with van der Waals surface area (Å²) in [6.45, 7) is -1.47. The average molecular weight is 249 g/mol. The van der Waals surface area contributed by atoms with E-state index in [9.17, 15) is 13.2 Å². The minimum Gasteiger partial charge on any atom is -0.399 e. The molecule has 17 heavy (non-hydrogen) atoms. The topological polar surface area (TPSA) is 62.4 Å². The molecule has 0 radical (unpaired) electrons. The van der Waals surface area contributed by atoms with Crippen molar-refractivity contribution in [3.05, 3.63) is 24.0 Å². The number of alkyl halides is 3. The Hall–Kier alpha value is -1.34. The summed E-state index contributed by atoms with van der Waals surface area (Å²) in [5.74, 6) is 0. The second-order valence-electron chi connectivity index (χ2n) is 3.63. The number of rotatable bonds is 5. The summed E-state index contributed by atoms with van der Waals surface area (Å²) < 4.78 is 36.7. The lowest BCUT2D eigenvalue weighted by atomic mass is 10.3. The second-order valence-corrected chi connectivity index (χ2v) is 3.63. The van der Waals surface area contributed by atoms with E-state index in [1.165, 1.54) is 12.3 Å². The summed E-state index contributed by atoms with van der Waals surface area (Å²) in [6, 6.07) is 3.07. The maximum Gasteiger partial charge on any atom is 0.401 e. The van der Waals surface area contributed by atoms with Crippen LogP contribution >= 0.6 is 0 Å². The molecular formula is C10H14F3N3O. The number of hydrogen-bond donors (Lipinski definition) is 2. The van der Waals surface area contributed by atoms with E-state index in [0.29, 0.717) is 11.4 Å². The summed E-state index contributed by atoms with van der Waals surface area (Å²) in [6.07, 6.45) is -2.86. The number of nitrogens with two attached hydrogens (primary N) is 1. The van der Waals surface area contributed by atoms with Gasteiger partial charge in [0.1, 0.15) is 0 Å². The van der Waals surface area contributed by atoms with Gasteiger partial charge in [-0.2, -0.15) is 13.2 Å². The van der Waals surface area contributed by atoms with Crippen molar-refractivity contribution in [2.24, 2.45) is 0 Å². The van der Waals surface area contributed by atoms with Gasteiger partial charge in [0.05, 0.1) is 18.8 Å². The first-order valence-electron chi connectivity index (χ1n) is 5.01. The van der Waals surface area contributed by atoms with Crippen molar-refractivity contribution in [1.29, 1.82) is 0 Å². The number of aromatic nitrogens is 1. The Morgan fingerprint density at radius 3 is 2.65 bits per heavy atom. The Bertz CT molecular complexity index is 357. The van der Waals surface area contributed by atoms with Crippen LogP contribution in [0.1, 0.15) is 5.69 Å². The van der Waals surface area contributed by atoms with Crippen LogP contribution in [-0.2, 0) is 6.54 Å². The minimum absolute atomic E-state index is 0.00507. The number of aliphatic hydroxyl groups excluding tert-OH is 1. The molecule has 0 aliphatic rings. The number of anilines is 1. The molecule has 0 fully saturated rings. The highest BCUT2D eigenvalue weighted by atomic mass is 19.4. The van der Waals surface area contributed by atoms with Gasteiger partial charge in [-0.05, 0) is 12.1 Å². The summed E-state index contributed by atoms with van der Waals surface area (Å²) in [5, 5.41) is 8.71. The van der Waals surface area contributed by atoms with Crippen LogP contribution in [0.2, 0.25) is 0 Å². The normalized spacial score (nSPS) is 12.1. The summed E-state index contributed by atoms with van der Waals surface area (Å²) in [5.41, 5.74) is 6.40. The van der Waals surface area contributed by atoms with Crippen LogP contribution < -0.4 is 5.73 Å². The molecule has 96 valence electrons. The largest absolute Gasteiger partial charge is 0.401 e. The Morgan fingerprint density at radius 2 is 2.12 bits per heavy atom. The van der Waals surface area contributed by atoms with Crippen LogP contribution in [0, 0.1) is 0 Å². The zero-order valence-electron chi connectivity index (χ0n) is 9.11. The van der Waals surface area contributed by atoms with Crippen molar-refractivity contribution in [2.45, 2.75) is 12.7 Å². The van der Waals surface area contributed by atoms with Gasteiger partial charge in [0.25, 0.3) is 0 Å². The van der Waals surface area contributed by atoms with E-state index in [4.69, 9.17) is 10.8 Å². The van der Waals surface area contributed by atoms with E-state index in [-0.39, 0.29) is 19.7 Å². The lowest BCUT2D eigenvalue weighted by Crippen LogP contribution is -2.36. The van der Waals surface area contributed by atoms with Gasteiger partial charge in [-0.25, -0.2) is 0 Å². The quantitative estimate of drug-likeness (QED) is 0.818. The molecule has 0 aromatic carbocycles. The molecule has 0 spiro atoms. The molecule has 1 heterocycles. The van der Waals surface area contributed by atoms with Crippen molar-refractivity contribution < 1.29 is 18.3 Å². The van der Waals surface area contributed by atoms with E-state index in [1.54, 1.807) is 6.07 Å². The Balaban J connectivity index is 2.66. The summed E-state index contributed by atoms with van der Waals surface area (Å²) in [4.78, 5) is 4.99. The Morgan fingerprint density at radius 1 is 1.41 bits per heavy atom. The smallest absolute Gasteiger partial charge is 0.399 e. The first kappa shape index (κ1) is 13.7. The van der Waals surface area contributed by atoms with Gasteiger partial charge in [0, 0.05) is 25.0 Å². The van der Waals surface area contributed by atoms with E-state index in [1.807, 2.05) is 0 Å². The minimum atomic E-state index is -4.30. The molecule has 0 aliphatic heterocycles. The van der Waals surface area contributed by atoms with Gasteiger partial charge in [-0.1, -0.05) is 0 Å². The molecule has 0 amide bonds. The number of nitrogen functional groups attached to an aromatic ring is 1. The maximum absolute atomic E-state index is 12.2. The van der Waals surface area contributed by atoms with E-state index in [2.05, 4.69) is 4.98 Å². The molecule has 0 bridgehead atoms. The third kappa shape index (κ3) is 5.50. The predicted octanol–water partition coefficient (Wildman–Crippen LogP) is 1.02. The first-order chi connectivity index (χ1) is 7.90. The SMILES string of the molecule is Nc1ccnc(CN(CCO)CC(F)(F)F)c1. The van der Waals surface area contributed by atoms with E-state index < -0.39 is 12.7 Å². The zero-order valence-corrected chi connectivity index (χ0v) is 9.11. The fourth-order valence-electron chi connectivity index (χ4n) is 1.42. The van der Waals surface area contributed by atoms with Gasteiger partial charge < -0.3 is 10.8 Å². The second kappa shape index (κ2) is 5.83. The van der Waals surface area contributed by atoms with Crippen LogP contribution in [0.15, 0.2) is 18.3 Å². The van der Waals surface area contributed by atoms with Gasteiger partial charge >= 0.3 is 6.18 Å². The Labute approximate surface area is 96.9 Å². The lowest BCUT2D eigenvalue weighted by Gasteiger charge is -2.22. The molecule has 0 saturated carbocycles. The molecule has 0 saturated heterocycles. The highest BCUT2D eigenvalue weighted by Gasteiger charge is 2.30. The van der Waals surface area contributed by atoms with Gasteiger partial charge in [0.2, 0.25) is 0 Å². The third-order valence-electron chi connectivity index (χ3n) is 2.05. The highest BCUT2D eigenvalue weighted by Crippen LogP contribution is 2.17. The molecule has 0 atom stereocenters. The van der Waals surface area contributed by atoms with Crippen molar-refractivity contribution in [3.8, 4) is 0 Å². The fraction of sp³-hybridized carbons (Fsp3) is 0.500. The number of nitrogens with zero attached hydrogens (tertiary/aromatic N) is 2. The molecule has 0 aliphatic carbocycles. The van der Waals surface area contributed by atoms with Crippen LogP contribution in [0.3, 0.4) is 0 Å². The molecule has 7 heteroatoms. The Kier molecular flexibility index (Phi) is 4.71. The van der Waals surface area contributed by atoms with Crippen LogP contribution in [0.5, 0.6) is 0 Å². The number of pyridine rings is 1. The number of aliphatic hydroxyl groups is 1. The molecule has 1 rings (SSSR count). The van der Waals surface area contributed by atoms with Gasteiger partial charge in [-0.15, -0.1) is 0 Å². The molecular weight excluding hydrogens is 235 g/mol. The van der Waals surface area contributed by atoms with Crippen LogP contribution in [0.4, 0.5) is 18.9 Å². The van der Waals surface area contributed by atoms with Crippen molar-refractivity contribution in [3.63, 3.8) is 0 Å². The standard InChI is InChI=1S/C10H14F3N3O/c11-10(12,13)7-16(3-4-17)6-9-5-8(14)1-2-15-9/h1-2,5,17H,3-4,6-7H2,(H2,14,15). The zero-order chi connectivity index (χ0) is 12.9. The molecule has 0 unspecified atom stereocenters. The molecule has 1 aromatic heterocycles. The molecule has 1 aromatic rings. The number of hydrogen-bond acceptors (Lipinski definition) is 4. The first-order valence-corrected chi connectivity index (χ1v) is 5.01. The number of halogens is 3. The van der Waals surface area contributed by atoms with Gasteiger partial charge in [-0.3, -0.25) is 9.88 Å². The van der Waals surface area contributed by atoms with Gasteiger partial charge in [0.15, 0.2) is 0 Å². The lowest BCUT2D eigenvalue weighted by molar-refractivity contribution is -0.148. The van der Waals surface area contributed by atoms with Crippen LogP contribution in [-0.4, -0.2) is 40.9 Å². The summed E-state index contributed by atoms with van der Waals surface area (Å²) in [7, 11) is 0. The van der Waals surface area contributed by atoms with Crippen LogP contribution in [0.25, 0.3) is 0 Å². The van der Waals surface area contributed by atoms with E-state index in [0.717, 1.165) is 4.90 Å². The summed E-state index contributed by atoms with van der Waals surface area (Å²) >= 11 is 0. The molecule has 4 nitrogen and oxygen atoms in total. The molecule has 3 N–H and O–H groups in total. The highest BCUT2D eigenvalue weighted by molar-refractivity contribution is 5.37. The van der Waals surface area contributed by atoms with Crippen molar-refractivity contribution in [2.75, 3.05) is 25.4 Å². The average Bonchev–Trinajstić information content (AvgIpc) is 2.15. The third-order valence-corrected chi connectivity index (χ3v) is 2.05. The fourth-order valence-corrected chi connectivity index (χ4v) is 1.42. The maximum atomic E-state index is 12.2. The van der Waals surface area contributed by atoms with Crippen molar-refractivity contribution >= 4 is 5.69 Å². The van der Waals surface area contributed by atoms with Crippen molar-refractivity contribution in [1.82, 2.24) is 9.88 Å². The van der Waals surface area contributed by atoms with E-state index >= 15 is 0 Å². The predicted molar refractivity (Wildman–Crippen MR) is 57.1 cm³/mol.